The molecule has 0 bridgehead atoms. The van der Waals surface area contributed by atoms with Crippen molar-refractivity contribution >= 4 is 10.1 Å². The first-order valence-electron chi connectivity index (χ1n) is 4.37. The quantitative estimate of drug-likeness (QED) is 0.616. The molecule has 2 saturated carbocycles. The van der Waals surface area contributed by atoms with Crippen LogP contribution in [-0.2, 0) is 14.3 Å². The van der Waals surface area contributed by atoms with Gasteiger partial charge < -0.3 is 0 Å². The van der Waals surface area contributed by atoms with Crippen molar-refractivity contribution in [2.45, 2.75) is 38.2 Å². The normalized spacial score (nSPS) is 28.1. The molecule has 0 saturated heterocycles. The summed E-state index contributed by atoms with van der Waals surface area (Å²) in [5.41, 5.74) is 0.495. The van der Waals surface area contributed by atoms with Gasteiger partial charge in [-0.05, 0) is 31.1 Å². The number of rotatable bonds is 2. The lowest BCUT2D eigenvalue weighted by molar-refractivity contribution is -0.0650. The summed E-state index contributed by atoms with van der Waals surface area (Å²) in [5.74, 6) is 0. The molecule has 0 unspecified atom stereocenters. The largest absolute Gasteiger partial charge is 0.267 e. The maximum Gasteiger partial charge on any atom is 0.264 e. The van der Waals surface area contributed by atoms with E-state index in [4.69, 9.17) is 4.18 Å². The summed E-state index contributed by atoms with van der Waals surface area (Å²) in [6, 6.07) is 0. The Balaban J connectivity index is 1.82. The molecule has 3 nitrogen and oxygen atoms in total. The Morgan fingerprint density at radius 2 is 1.92 bits per heavy atom. The smallest absolute Gasteiger partial charge is 0.264 e. The number of hydrogen-bond donors (Lipinski definition) is 0. The minimum Gasteiger partial charge on any atom is -0.267 e. The minimum absolute atomic E-state index is 0.0136. The zero-order valence-electron chi connectivity index (χ0n) is 7.25. The molecule has 0 aliphatic heterocycles. The average Bonchev–Trinajstić information content (AvgIpc) is 1.69. The Labute approximate surface area is 73.2 Å². The first-order valence-corrected chi connectivity index (χ1v) is 6.19. The van der Waals surface area contributed by atoms with Crippen LogP contribution >= 0.6 is 0 Å². The summed E-state index contributed by atoms with van der Waals surface area (Å²) in [5, 5.41) is 0. The third kappa shape index (κ3) is 1.50. The summed E-state index contributed by atoms with van der Waals surface area (Å²) in [4.78, 5) is 0. The van der Waals surface area contributed by atoms with Crippen LogP contribution in [0.2, 0.25) is 0 Å². The monoisotopic (exact) mass is 190 g/mol. The van der Waals surface area contributed by atoms with E-state index in [0.717, 1.165) is 19.1 Å². The van der Waals surface area contributed by atoms with Gasteiger partial charge in [0.2, 0.25) is 0 Å². The molecule has 0 N–H and O–H groups in total. The van der Waals surface area contributed by atoms with E-state index in [1.165, 1.54) is 19.3 Å². The van der Waals surface area contributed by atoms with E-state index in [9.17, 15) is 8.42 Å². The highest BCUT2D eigenvalue weighted by Crippen LogP contribution is 2.56. The van der Waals surface area contributed by atoms with E-state index in [1.807, 2.05) is 0 Å². The zero-order chi connectivity index (χ0) is 8.82. The molecule has 0 aromatic carbocycles. The molecule has 0 heterocycles. The minimum atomic E-state index is -3.22. The maximum atomic E-state index is 10.7. The highest BCUT2D eigenvalue weighted by Gasteiger charge is 2.49. The van der Waals surface area contributed by atoms with Crippen LogP contribution in [0.3, 0.4) is 0 Å². The Kier molecular flexibility index (Phi) is 1.74. The molecular formula is C8H14O3S. The molecule has 2 fully saturated rings. The van der Waals surface area contributed by atoms with Gasteiger partial charge in [0.05, 0.1) is 12.4 Å². The third-order valence-electron chi connectivity index (χ3n) is 3.05. The van der Waals surface area contributed by atoms with E-state index in [0.29, 0.717) is 5.41 Å². The molecule has 4 heteroatoms. The molecule has 0 aromatic rings. The molecule has 2 aliphatic carbocycles. The first kappa shape index (κ1) is 8.51. The lowest BCUT2D eigenvalue weighted by atomic mass is 9.55. The van der Waals surface area contributed by atoms with Crippen molar-refractivity contribution in [2.75, 3.05) is 6.26 Å². The zero-order valence-corrected chi connectivity index (χ0v) is 8.06. The van der Waals surface area contributed by atoms with Gasteiger partial charge in [0.15, 0.2) is 0 Å². The van der Waals surface area contributed by atoms with E-state index >= 15 is 0 Å². The number of hydrogen-bond acceptors (Lipinski definition) is 3. The maximum absolute atomic E-state index is 10.7. The lowest BCUT2D eigenvalue weighted by Gasteiger charge is -2.53. The van der Waals surface area contributed by atoms with Gasteiger partial charge in [-0.15, -0.1) is 0 Å². The summed E-state index contributed by atoms with van der Waals surface area (Å²) >= 11 is 0. The molecular weight excluding hydrogens is 176 g/mol. The molecule has 70 valence electrons. The van der Waals surface area contributed by atoms with Gasteiger partial charge in [-0.3, -0.25) is 4.18 Å². The highest BCUT2D eigenvalue weighted by molar-refractivity contribution is 7.86. The van der Waals surface area contributed by atoms with Crippen LogP contribution in [0.4, 0.5) is 0 Å². The summed E-state index contributed by atoms with van der Waals surface area (Å²) < 4.78 is 26.3. The van der Waals surface area contributed by atoms with Crippen LogP contribution in [-0.4, -0.2) is 20.8 Å². The van der Waals surface area contributed by atoms with Crippen LogP contribution in [0.25, 0.3) is 0 Å². The Morgan fingerprint density at radius 1 is 1.33 bits per heavy atom. The van der Waals surface area contributed by atoms with Crippen molar-refractivity contribution in [2.24, 2.45) is 5.41 Å². The fourth-order valence-corrected chi connectivity index (χ4v) is 2.94. The Bertz CT molecular complexity index is 269. The predicted molar refractivity (Wildman–Crippen MR) is 45.2 cm³/mol. The molecule has 12 heavy (non-hydrogen) atoms. The highest BCUT2D eigenvalue weighted by atomic mass is 32.2. The SMILES string of the molecule is CS(=O)(=O)OC1CC2(CCC2)C1. The van der Waals surface area contributed by atoms with Crippen molar-refractivity contribution in [1.29, 1.82) is 0 Å². The Morgan fingerprint density at radius 3 is 2.25 bits per heavy atom. The molecule has 0 amide bonds. The van der Waals surface area contributed by atoms with Crippen molar-refractivity contribution in [3.8, 4) is 0 Å². The third-order valence-corrected chi connectivity index (χ3v) is 3.67. The second kappa shape index (κ2) is 2.45. The van der Waals surface area contributed by atoms with Crippen LogP contribution in [0.5, 0.6) is 0 Å². The summed E-state index contributed by atoms with van der Waals surface area (Å²) in [7, 11) is -3.22. The molecule has 0 radical (unpaired) electrons. The fourth-order valence-electron chi connectivity index (χ4n) is 2.31. The van der Waals surface area contributed by atoms with Gasteiger partial charge in [-0.25, -0.2) is 0 Å². The van der Waals surface area contributed by atoms with Gasteiger partial charge in [0.25, 0.3) is 10.1 Å². The van der Waals surface area contributed by atoms with Crippen molar-refractivity contribution in [3.63, 3.8) is 0 Å². The van der Waals surface area contributed by atoms with E-state index < -0.39 is 10.1 Å². The van der Waals surface area contributed by atoms with Gasteiger partial charge in [-0.2, -0.15) is 8.42 Å². The molecule has 0 atom stereocenters. The molecule has 2 rings (SSSR count). The average molecular weight is 190 g/mol. The van der Waals surface area contributed by atoms with Crippen LogP contribution in [0.1, 0.15) is 32.1 Å². The molecule has 0 aromatic heterocycles. The standard InChI is InChI=1S/C8H14O3S/c1-12(9,10)11-7-5-8(6-7)3-2-4-8/h7H,2-6H2,1H3. The van der Waals surface area contributed by atoms with Gasteiger partial charge in [-0.1, -0.05) is 6.42 Å². The van der Waals surface area contributed by atoms with Crippen LogP contribution < -0.4 is 0 Å². The van der Waals surface area contributed by atoms with E-state index in [1.54, 1.807) is 0 Å². The second-order valence-corrected chi connectivity index (χ2v) is 5.78. The Hall–Kier alpha value is -0.0900. The van der Waals surface area contributed by atoms with Gasteiger partial charge in [0.1, 0.15) is 0 Å². The molecule has 1 spiro atoms. The fraction of sp³-hybridized carbons (Fsp3) is 1.00. The van der Waals surface area contributed by atoms with Crippen LogP contribution in [0.15, 0.2) is 0 Å². The van der Waals surface area contributed by atoms with E-state index in [2.05, 4.69) is 0 Å². The molecule has 2 aliphatic rings. The first-order chi connectivity index (χ1) is 5.49. The van der Waals surface area contributed by atoms with Gasteiger partial charge in [0, 0.05) is 0 Å². The van der Waals surface area contributed by atoms with Crippen molar-refractivity contribution < 1.29 is 12.6 Å². The van der Waals surface area contributed by atoms with Crippen LogP contribution in [0, 0.1) is 5.41 Å². The van der Waals surface area contributed by atoms with Gasteiger partial charge >= 0.3 is 0 Å². The predicted octanol–water partition coefficient (Wildman–Crippen LogP) is 1.30. The summed E-state index contributed by atoms with van der Waals surface area (Å²) in [6.07, 6.45) is 6.89. The van der Waals surface area contributed by atoms with Crippen molar-refractivity contribution in [1.82, 2.24) is 0 Å². The lowest BCUT2D eigenvalue weighted by Crippen LogP contribution is -2.47. The second-order valence-electron chi connectivity index (χ2n) is 4.18. The summed E-state index contributed by atoms with van der Waals surface area (Å²) in [6.45, 7) is 0. The van der Waals surface area contributed by atoms with E-state index in [-0.39, 0.29) is 6.10 Å². The van der Waals surface area contributed by atoms with Crippen molar-refractivity contribution in [3.05, 3.63) is 0 Å². The topological polar surface area (TPSA) is 43.4 Å².